The van der Waals surface area contributed by atoms with Crippen LogP contribution in [0.1, 0.15) is 49.4 Å². The Bertz CT molecular complexity index is 1220. The molecule has 0 bridgehead atoms. The maximum Gasteiger partial charge on any atom is 0.344 e. The predicted octanol–water partition coefficient (Wildman–Crippen LogP) is 5.94. The molecule has 2 heterocycles. The number of aromatic nitrogens is 3. The Morgan fingerprint density at radius 3 is 2.39 bits per heavy atom. The second-order valence-corrected chi connectivity index (χ2v) is 7.94. The number of nitrogens with zero attached hydrogens (tertiary/aromatic N) is 3. The summed E-state index contributed by atoms with van der Waals surface area (Å²) in [6.07, 6.45) is 5.37. The number of rotatable bonds is 8. The van der Waals surface area contributed by atoms with Gasteiger partial charge in [-0.15, -0.1) is 0 Å². The topological polar surface area (TPSA) is 83.0 Å². The molecular formula is C24H25ClN4O2. The zero-order chi connectivity index (χ0) is 21.8. The van der Waals surface area contributed by atoms with Gasteiger partial charge in [-0.3, -0.25) is 4.57 Å². The maximum absolute atomic E-state index is 13.0. The number of carbonyl (C=O) groups is 1. The number of nitrogens with two attached hydrogens (primary N) is 1. The highest BCUT2D eigenvalue weighted by Crippen LogP contribution is 2.32. The highest BCUT2D eigenvalue weighted by Gasteiger charge is 2.25. The van der Waals surface area contributed by atoms with Gasteiger partial charge in [0.1, 0.15) is 16.9 Å². The molecule has 4 aromatic rings. The van der Waals surface area contributed by atoms with E-state index in [2.05, 4.69) is 6.92 Å². The van der Waals surface area contributed by atoms with Crippen LogP contribution in [0, 0.1) is 0 Å². The molecule has 0 spiro atoms. The molecule has 0 amide bonds. The van der Waals surface area contributed by atoms with Crippen molar-refractivity contribution in [1.29, 1.82) is 0 Å². The minimum Gasteiger partial charge on any atom is -0.462 e. The lowest BCUT2D eigenvalue weighted by molar-refractivity contribution is 0.0501. The van der Waals surface area contributed by atoms with Crippen LogP contribution in [0.2, 0.25) is 5.02 Å². The molecule has 0 unspecified atom stereocenters. The number of unbranched alkanes of at least 4 members (excludes halogenated alkanes) is 4. The quantitative estimate of drug-likeness (QED) is 0.273. The van der Waals surface area contributed by atoms with E-state index in [0.29, 0.717) is 28.3 Å². The van der Waals surface area contributed by atoms with Gasteiger partial charge in [0.15, 0.2) is 5.65 Å². The summed E-state index contributed by atoms with van der Waals surface area (Å²) in [6, 6.07) is 14.7. The van der Waals surface area contributed by atoms with Crippen molar-refractivity contribution in [2.24, 2.45) is 0 Å². The predicted molar refractivity (Wildman–Crippen MR) is 125 cm³/mol. The van der Waals surface area contributed by atoms with Crippen LogP contribution in [0.4, 0.5) is 5.82 Å². The zero-order valence-electron chi connectivity index (χ0n) is 17.5. The average molecular weight is 437 g/mol. The van der Waals surface area contributed by atoms with Crippen LogP contribution < -0.4 is 5.73 Å². The van der Waals surface area contributed by atoms with Crippen molar-refractivity contribution >= 4 is 45.6 Å². The Labute approximate surface area is 186 Å². The summed E-state index contributed by atoms with van der Waals surface area (Å²) in [4.78, 5) is 22.5. The molecule has 7 heteroatoms. The van der Waals surface area contributed by atoms with Gasteiger partial charge >= 0.3 is 5.97 Å². The van der Waals surface area contributed by atoms with Gasteiger partial charge in [-0.1, -0.05) is 56.3 Å². The summed E-state index contributed by atoms with van der Waals surface area (Å²) in [5.74, 6) is -0.223. The Hall–Kier alpha value is -3.12. The molecule has 2 aromatic carbocycles. The lowest BCUT2D eigenvalue weighted by Crippen LogP contribution is -2.10. The summed E-state index contributed by atoms with van der Waals surface area (Å²) in [5, 5.41) is 0.609. The molecule has 0 aliphatic heterocycles. The molecule has 0 radical (unpaired) electrons. The first-order valence-corrected chi connectivity index (χ1v) is 11.0. The van der Waals surface area contributed by atoms with Crippen molar-refractivity contribution < 1.29 is 9.53 Å². The molecule has 0 atom stereocenters. The largest absolute Gasteiger partial charge is 0.462 e. The molecule has 0 fully saturated rings. The van der Waals surface area contributed by atoms with Crippen molar-refractivity contribution in [3.8, 4) is 5.69 Å². The van der Waals surface area contributed by atoms with E-state index in [4.69, 9.17) is 32.0 Å². The van der Waals surface area contributed by atoms with Crippen LogP contribution in [0.5, 0.6) is 0 Å². The normalized spacial score (nSPS) is 11.3. The third kappa shape index (κ3) is 4.35. The van der Waals surface area contributed by atoms with Gasteiger partial charge in [0.2, 0.25) is 0 Å². The molecule has 0 aliphatic carbocycles. The second kappa shape index (κ2) is 9.35. The summed E-state index contributed by atoms with van der Waals surface area (Å²) in [7, 11) is 0. The van der Waals surface area contributed by atoms with Crippen molar-refractivity contribution in [2.75, 3.05) is 12.3 Å². The number of benzene rings is 2. The van der Waals surface area contributed by atoms with Gasteiger partial charge < -0.3 is 10.5 Å². The van der Waals surface area contributed by atoms with E-state index in [1.807, 2.05) is 36.4 Å². The standard InChI is InChI=1S/C24H25ClN4O2/c1-2-3-4-5-8-15-31-24(30)20-21-23(28-19-10-7-6-9-18(19)27-21)29(22(20)26)17-13-11-16(25)12-14-17/h6-7,9-14H,2-5,8,15,26H2,1H3. The number of fused-ring (bicyclic) bond motifs is 2. The van der Waals surface area contributed by atoms with Gasteiger partial charge in [-0.05, 0) is 42.8 Å². The molecule has 0 saturated heterocycles. The number of para-hydroxylation sites is 2. The lowest BCUT2D eigenvalue weighted by atomic mass is 10.2. The molecule has 4 rings (SSSR count). The van der Waals surface area contributed by atoms with Gasteiger partial charge in [0, 0.05) is 10.7 Å². The third-order valence-corrected chi connectivity index (χ3v) is 5.52. The molecular weight excluding hydrogens is 412 g/mol. The van der Waals surface area contributed by atoms with E-state index in [1.165, 1.54) is 12.8 Å². The smallest absolute Gasteiger partial charge is 0.344 e. The van der Waals surface area contributed by atoms with Crippen LogP contribution in [0.25, 0.3) is 27.9 Å². The number of ether oxygens (including phenoxy) is 1. The van der Waals surface area contributed by atoms with Gasteiger partial charge in [-0.25, -0.2) is 14.8 Å². The minimum absolute atomic E-state index is 0.247. The Kier molecular flexibility index (Phi) is 6.37. The number of anilines is 1. The van der Waals surface area contributed by atoms with E-state index in [0.717, 1.165) is 30.5 Å². The number of nitrogen functional groups attached to an aromatic ring is 1. The van der Waals surface area contributed by atoms with E-state index in [-0.39, 0.29) is 11.4 Å². The van der Waals surface area contributed by atoms with Crippen molar-refractivity contribution in [3.05, 3.63) is 59.1 Å². The van der Waals surface area contributed by atoms with E-state index < -0.39 is 5.97 Å². The van der Waals surface area contributed by atoms with Gasteiger partial charge in [0.25, 0.3) is 0 Å². The van der Waals surface area contributed by atoms with Crippen molar-refractivity contribution in [1.82, 2.24) is 14.5 Å². The van der Waals surface area contributed by atoms with Crippen LogP contribution in [0.3, 0.4) is 0 Å². The van der Waals surface area contributed by atoms with E-state index in [1.54, 1.807) is 16.7 Å². The highest BCUT2D eigenvalue weighted by atomic mass is 35.5. The SMILES string of the molecule is CCCCCCCOC(=O)c1c(N)n(-c2ccc(Cl)cc2)c2nc3ccccc3nc12. The number of hydrogen-bond acceptors (Lipinski definition) is 5. The number of carbonyl (C=O) groups excluding carboxylic acids is 1. The molecule has 0 aliphatic rings. The molecule has 6 nitrogen and oxygen atoms in total. The summed E-state index contributed by atoms with van der Waals surface area (Å²) in [5.41, 5.74) is 9.81. The van der Waals surface area contributed by atoms with Crippen LogP contribution >= 0.6 is 11.6 Å². The Balaban J connectivity index is 1.75. The first kappa shape index (κ1) is 21.1. The molecule has 0 saturated carbocycles. The fourth-order valence-corrected chi connectivity index (χ4v) is 3.78. The first-order chi connectivity index (χ1) is 15.1. The van der Waals surface area contributed by atoms with Crippen LogP contribution in [0.15, 0.2) is 48.5 Å². The molecule has 2 aromatic heterocycles. The summed E-state index contributed by atoms with van der Waals surface area (Å²) < 4.78 is 7.28. The summed E-state index contributed by atoms with van der Waals surface area (Å²) in [6.45, 7) is 2.53. The minimum atomic E-state index is -0.477. The fourth-order valence-electron chi connectivity index (χ4n) is 3.66. The molecule has 31 heavy (non-hydrogen) atoms. The maximum atomic E-state index is 13.0. The fraction of sp³-hybridized carbons (Fsp3) is 0.292. The lowest BCUT2D eigenvalue weighted by Gasteiger charge is -2.08. The van der Waals surface area contributed by atoms with Crippen molar-refractivity contribution in [2.45, 2.75) is 39.0 Å². The van der Waals surface area contributed by atoms with E-state index in [9.17, 15) is 4.79 Å². The van der Waals surface area contributed by atoms with Gasteiger partial charge in [-0.2, -0.15) is 0 Å². The van der Waals surface area contributed by atoms with Crippen molar-refractivity contribution in [3.63, 3.8) is 0 Å². The highest BCUT2D eigenvalue weighted by molar-refractivity contribution is 6.30. The number of hydrogen-bond donors (Lipinski definition) is 1. The summed E-state index contributed by atoms with van der Waals surface area (Å²) >= 11 is 6.05. The number of halogens is 1. The third-order valence-electron chi connectivity index (χ3n) is 5.27. The number of esters is 1. The molecule has 2 N–H and O–H groups in total. The average Bonchev–Trinajstić information content (AvgIpc) is 3.06. The molecule has 160 valence electrons. The monoisotopic (exact) mass is 436 g/mol. The first-order valence-electron chi connectivity index (χ1n) is 10.6. The Morgan fingerprint density at radius 2 is 1.68 bits per heavy atom. The Morgan fingerprint density at radius 1 is 1.00 bits per heavy atom. The zero-order valence-corrected chi connectivity index (χ0v) is 18.2. The van der Waals surface area contributed by atoms with Crippen LogP contribution in [-0.4, -0.2) is 27.1 Å². The van der Waals surface area contributed by atoms with E-state index >= 15 is 0 Å². The van der Waals surface area contributed by atoms with Crippen LogP contribution in [-0.2, 0) is 4.74 Å². The second-order valence-electron chi connectivity index (χ2n) is 7.51. The van der Waals surface area contributed by atoms with Gasteiger partial charge in [0.05, 0.1) is 17.6 Å².